The number of imide groups is 2. The van der Waals surface area contributed by atoms with Crippen molar-refractivity contribution in [1.29, 1.82) is 0 Å². The molecule has 5 amide bonds. The number of piperazine rings is 1. The quantitative estimate of drug-likeness (QED) is 0.623. The molecule has 10 heteroatoms. The van der Waals surface area contributed by atoms with E-state index in [0.29, 0.717) is 25.3 Å². The Morgan fingerprint density at radius 2 is 1.69 bits per heavy atom. The fourth-order valence-corrected chi connectivity index (χ4v) is 5.04. The number of amides is 5. The predicted molar refractivity (Wildman–Crippen MR) is 132 cm³/mol. The van der Waals surface area contributed by atoms with Gasteiger partial charge in [-0.05, 0) is 44.7 Å². The summed E-state index contributed by atoms with van der Waals surface area (Å²) in [4.78, 5) is 68.5. The first-order chi connectivity index (χ1) is 16.7. The van der Waals surface area contributed by atoms with Gasteiger partial charge in [-0.15, -0.1) is 0 Å². The third-order valence-corrected chi connectivity index (χ3v) is 6.79. The van der Waals surface area contributed by atoms with Crippen molar-refractivity contribution in [3.8, 4) is 0 Å². The lowest BCUT2D eigenvalue weighted by molar-refractivity contribution is -0.136. The highest BCUT2D eigenvalue weighted by molar-refractivity contribution is 6.25. The molecule has 10 nitrogen and oxygen atoms in total. The van der Waals surface area contributed by atoms with Crippen LogP contribution in [-0.2, 0) is 14.3 Å². The molecule has 2 unspecified atom stereocenters. The summed E-state index contributed by atoms with van der Waals surface area (Å²) in [5, 5.41) is 2.22. The molecule has 3 aliphatic rings. The molecule has 0 spiro atoms. The summed E-state index contributed by atoms with van der Waals surface area (Å²) in [5.74, 6) is -2.13. The molecule has 3 aliphatic heterocycles. The number of hydrogen-bond acceptors (Lipinski definition) is 7. The first-order valence-electron chi connectivity index (χ1n) is 12.3. The lowest BCUT2D eigenvalue weighted by atomic mass is 9.84. The van der Waals surface area contributed by atoms with Gasteiger partial charge in [0, 0.05) is 26.1 Å². The third-order valence-electron chi connectivity index (χ3n) is 6.79. The van der Waals surface area contributed by atoms with Gasteiger partial charge in [0.2, 0.25) is 11.8 Å². The minimum Gasteiger partial charge on any atom is -0.444 e. The average molecular weight is 499 g/mol. The van der Waals surface area contributed by atoms with E-state index in [1.165, 1.54) is 0 Å². The molecule has 1 aromatic carbocycles. The van der Waals surface area contributed by atoms with Gasteiger partial charge in [-0.25, -0.2) is 4.79 Å². The van der Waals surface area contributed by atoms with E-state index < -0.39 is 35.3 Å². The van der Waals surface area contributed by atoms with Gasteiger partial charge in [0.25, 0.3) is 11.8 Å². The van der Waals surface area contributed by atoms with Crippen LogP contribution in [0.4, 0.5) is 10.5 Å². The molecule has 1 N–H and O–H groups in total. The number of benzene rings is 1. The van der Waals surface area contributed by atoms with Gasteiger partial charge in [-0.3, -0.25) is 29.4 Å². The van der Waals surface area contributed by atoms with Crippen LogP contribution in [0.15, 0.2) is 18.2 Å². The maximum absolute atomic E-state index is 13.5. The molecule has 194 valence electrons. The van der Waals surface area contributed by atoms with Gasteiger partial charge in [0.05, 0.1) is 22.9 Å². The lowest BCUT2D eigenvalue weighted by Crippen LogP contribution is -2.60. The van der Waals surface area contributed by atoms with Crippen LogP contribution in [0.5, 0.6) is 0 Å². The SMILES string of the molecule is CC(C)(C)OC(=O)N1CCN(c2cccc3c2C(=O)N(C2CCC(=O)NC2=O)C3=O)CC1C(C)(C)C. The number of nitrogens with one attached hydrogen (secondary N) is 1. The van der Waals surface area contributed by atoms with Crippen molar-refractivity contribution in [2.45, 2.75) is 72.1 Å². The smallest absolute Gasteiger partial charge is 0.410 e. The van der Waals surface area contributed by atoms with Gasteiger partial charge < -0.3 is 14.5 Å². The summed E-state index contributed by atoms with van der Waals surface area (Å²) >= 11 is 0. The maximum atomic E-state index is 13.5. The highest BCUT2D eigenvalue weighted by Crippen LogP contribution is 2.37. The van der Waals surface area contributed by atoms with Crippen LogP contribution in [0.2, 0.25) is 0 Å². The standard InChI is InChI=1S/C26H34N4O6/c1-25(2,3)18-14-28(12-13-29(18)24(35)36-26(4,5)6)16-9-7-8-15-20(16)23(34)30(22(15)33)17-10-11-19(31)27-21(17)32/h7-9,17-18H,10-14H2,1-6H3,(H,27,31,32). The van der Waals surface area contributed by atoms with Crippen LogP contribution in [0.3, 0.4) is 0 Å². The molecule has 4 rings (SSSR count). The number of carbonyl (C=O) groups is 5. The number of fused-ring (bicyclic) bond motifs is 1. The van der Waals surface area contributed by atoms with E-state index in [1.54, 1.807) is 23.1 Å². The molecule has 36 heavy (non-hydrogen) atoms. The van der Waals surface area contributed by atoms with Crippen LogP contribution in [-0.4, -0.2) is 76.8 Å². The van der Waals surface area contributed by atoms with E-state index in [1.807, 2.05) is 46.4 Å². The molecule has 0 saturated carbocycles. The molecule has 0 radical (unpaired) electrons. The number of anilines is 1. The Morgan fingerprint density at radius 3 is 2.31 bits per heavy atom. The number of rotatable bonds is 2. The van der Waals surface area contributed by atoms with Crippen molar-refractivity contribution in [1.82, 2.24) is 15.1 Å². The normalized spacial score (nSPS) is 23.1. The van der Waals surface area contributed by atoms with E-state index in [9.17, 15) is 24.0 Å². The number of nitrogens with zero attached hydrogens (tertiary/aromatic N) is 3. The Bertz CT molecular complexity index is 1130. The maximum Gasteiger partial charge on any atom is 0.410 e. The van der Waals surface area contributed by atoms with Crippen molar-refractivity contribution in [2.75, 3.05) is 24.5 Å². The summed E-state index contributed by atoms with van der Waals surface area (Å²) in [6.45, 7) is 12.9. The molecule has 1 aromatic rings. The van der Waals surface area contributed by atoms with Crippen LogP contribution < -0.4 is 10.2 Å². The minimum absolute atomic E-state index is 0.0660. The third kappa shape index (κ3) is 4.68. The fraction of sp³-hybridized carbons (Fsp3) is 0.577. The summed E-state index contributed by atoms with van der Waals surface area (Å²) in [6.07, 6.45) is -0.210. The Labute approximate surface area is 210 Å². The number of piperidine rings is 1. The molecular weight excluding hydrogens is 464 g/mol. The first-order valence-corrected chi connectivity index (χ1v) is 12.3. The number of ether oxygens (including phenoxy) is 1. The Hall–Kier alpha value is -3.43. The first kappa shape index (κ1) is 25.7. The second kappa shape index (κ2) is 8.90. The number of hydrogen-bond donors (Lipinski definition) is 1. The Kier molecular flexibility index (Phi) is 6.34. The second-order valence-electron chi connectivity index (χ2n) is 11.6. The molecular formula is C26H34N4O6. The predicted octanol–water partition coefficient (Wildman–Crippen LogP) is 2.56. The zero-order chi connectivity index (χ0) is 26.6. The highest BCUT2D eigenvalue weighted by atomic mass is 16.6. The van der Waals surface area contributed by atoms with Crippen LogP contribution in [0.25, 0.3) is 0 Å². The van der Waals surface area contributed by atoms with E-state index in [-0.39, 0.29) is 41.5 Å². The van der Waals surface area contributed by atoms with E-state index >= 15 is 0 Å². The lowest BCUT2D eigenvalue weighted by Gasteiger charge is -2.48. The van der Waals surface area contributed by atoms with Crippen molar-refractivity contribution < 1.29 is 28.7 Å². The molecule has 0 aliphatic carbocycles. The molecule has 0 bridgehead atoms. The monoisotopic (exact) mass is 498 g/mol. The highest BCUT2D eigenvalue weighted by Gasteiger charge is 2.47. The molecule has 2 fully saturated rings. The Balaban J connectivity index is 1.63. The van der Waals surface area contributed by atoms with Crippen molar-refractivity contribution in [2.24, 2.45) is 5.41 Å². The zero-order valence-corrected chi connectivity index (χ0v) is 21.7. The second-order valence-corrected chi connectivity index (χ2v) is 11.6. The summed E-state index contributed by atoms with van der Waals surface area (Å²) in [6, 6.07) is 3.87. The zero-order valence-electron chi connectivity index (χ0n) is 21.7. The molecule has 2 saturated heterocycles. The number of carbonyl (C=O) groups excluding carboxylic acids is 5. The molecule has 3 heterocycles. The van der Waals surface area contributed by atoms with Gasteiger partial charge in [0.1, 0.15) is 11.6 Å². The summed E-state index contributed by atoms with van der Waals surface area (Å²) < 4.78 is 5.65. The van der Waals surface area contributed by atoms with Gasteiger partial charge in [-0.1, -0.05) is 26.8 Å². The minimum atomic E-state index is -1.02. The van der Waals surface area contributed by atoms with Crippen LogP contribution in [0, 0.1) is 5.41 Å². The van der Waals surface area contributed by atoms with Gasteiger partial charge >= 0.3 is 6.09 Å². The Morgan fingerprint density at radius 1 is 1.00 bits per heavy atom. The van der Waals surface area contributed by atoms with Crippen molar-refractivity contribution in [3.63, 3.8) is 0 Å². The average Bonchev–Trinajstić information content (AvgIpc) is 3.02. The van der Waals surface area contributed by atoms with Crippen molar-refractivity contribution in [3.05, 3.63) is 29.3 Å². The van der Waals surface area contributed by atoms with Crippen molar-refractivity contribution >= 4 is 35.4 Å². The van der Waals surface area contributed by atoms with Crippen LogP contribution in [0.1, 0.15) is 75.1 Å². The summed E-state index contributed by atoms with van der Waals surface area (Å²) in [7, 11) is 0. The van der Waals surface area contributed by atoms with Gasteiger partial charge in [0.15, 0.2) is 0 Å². The largest absolute Gasteiger partial charge is 0.444 e. The topological polar surface area (TPSA) is 116 Å². The van der Waals surface area contributed by atoms with Gasteiger partial charge in [-0.2, -0.15) is 0 Å². The van der Waals surface area contributed by atoms with E-state index in [4.69, 9.17) is 4.74 Å². The van der Waals surface area contributed by atoms with E-state index in [0.717, 1.165) is 4.90 Å². The van der Waals surface area contributed by atoms with Crippen LogP contribution >= 0.6 is 0 Å². The molecule has 2 atom stereocenters. The fourth-order valence-electron chi connectivity index (χ4n) is 5.04. The van der Waals surface area contributed by atoms with E-state index in [2.05, 4.69) is 5.32 Å². The molecule has 0 aromatic heterocycles. The summed E-state index contributed by atoms with van der Waals surface area (Å²) in [5.41, 5.74) is 0.184.